The molecule has 4 nitrogen and oxygen atoms in total. The molecular formula is C16H28N2O2. The molecule has 0 N–H and O–H groups in total. The van der Waals surface area contributed by atoms with Gasteiger partial charge in [-0.25, -0.2) is 0 Å². The summed E-state index contributed by atoms with van der Waals surface area (Å²) >= 11 is 0. The van der Waals surface area contributed by atoms with Gasteiger partial charge in [0.1, 0.15) is 0 Å². The third-order valence-electron chi connectivity index (χ3n) is 5.56. The lowest BCUT2D eigenvalue weighted by atomic mass is 9.73. The summed E-state index contributed by atoms with van der Waals surface area (Å²) in [6, 6.07) is 0. The van der Waals surface area contributed by atoms with Gasteiger partial charge in [-0.2, -0.15) is 0 Å². The van der Waals surface area contributed by atoms with Crippen LogP contribution >= 0.6 is 0 Å². The quantitative estimate of drug-likeness (QED) is 0.735. The minimum absolute atomic E-state index is 0.214. The van der Waals surface area contributed by atoms with Crippen molar-refractivity contribution in [1.29, 1.82) is 0 Å². The molecule has 1 atom stereocenters. The van der Waals surface area contributed by atoms with Crippen LogP contribution in [0.3, 0.4) is 0 Å². The number of carbonyl (C=O) groups excluding carboxylic acids is 1. The number of hydrogen-bond acceptors (Lipinski definition) is 3. The Morgan fingerprint density at radius 2 is 1.80 bits per heavy atom. The Bertz CT molecular complexity index is 379. The first-order valence-corrected chi connectivity index (χ1v) is 8.15. The summed E-state index contributed by atoms with van der Waals surface area (Å²) in [7, 11) is 2.07. The molecular weight excluding hydrogens is 252 g/mol. The van der Waals surface area contributed by atoms with Crippen molar-refractivity contribution in [2.24, 2.45) is 5.41 Å². The topological polar surface area (TPSA) is 32.8 Å². The Labute approximate surface area is 122 Å². The standard InChI is InChI=1S/C16H28N2O2/c1-15(12-17(2)10-11-20-15)14(19)18-9-8-16(13-18)6-4-3-5-7-16/h3-13H2,1-2H3/t15-/m0/s1. The molecule has 0 aromatic carbocycles. The molecule has 1 spiro atoms. The third-order valence-corrected chi connectivity index (χ3v) is 5.56. The van der Waals surface area contributed by atoms with Crippen LogP contribution in [0, 0.1) is 5.41 Å². The highest BCUT2D eigenvalue weighted by Crippen LogP contribution is 2.44. The Morgan fingerprint density at radius 3 is 2.50 bits per heavy atom. The van der Waals surface area contributed by atoms with Crippen LogP contribution in [0.1, 0.15) is 45.4 Å². The zero-order valence-corrected chi connectivity index (χ0v) is 13.0. The molecule has 0 aromatic heterocycles. The second kappa shape index (κ2) is 5.30. The van der Waals surface area contributed by atoms with Gasteiger partial charge in [0.05, 0.1) is 6.61 Å². The first-order valence-electron chi connectivity index (χ1n) is 8.15. The van der Waals surface area contributed by atoms with Crippen LogP contribution in [0.4, 0.5) is 0 Å². The summed E-state index contributed by atoms with van der Waals surface area (Å²) in [4.78, 5) is 17.2. The number of carbonyl (C=O) groups is 1. The maximum absolute atomic E-state index is 12.9. The molecule has 1 aliphatic carbocycles. The second-order valence-corrected chi connectivity index (χ2v) is 7.35. The van der Waals surface area contributed by atoms with E-state index in [1.807, 2.05) is 6.92 Å². The summed E-state index contributed by atoms with van der Waals surface area (Å²) < 4.78 is 5.85. The number of likely N-dealkylation sites (N-methyl/N-ethyl adjacent to an activating group) is 1. The van der Waals surface area contributed by atoms with E-state index >= 15 is 0 Å². The zero-order chi connectivity index (χ0) is 14.2. The summed E-state index contributed by atoms with van der Waals surface area (Å²) in [5.41, 5.74) is -0.196. The van der Waals surface area contributed by atoms with Crippen LogP contribution in [-0.4, -0.2) is 61.1 Å². The predicted octanol–water partition coefficient (Wildman–Crippen LogP) is 1.89. The molecule has 4 heteroatoms. The van der Waals surface area contributed by atoms with E-state index < -0.39 is 5.60 Å². The number of ether oxygens (including phenoxy) is 1. The number of morpholine rings is 1. The largest absolute Gasteiger partial charge is 0.363 e. The zero-order valence-electron chi connectivity index (χ0n) is 13.0. The molecule has 1 amide bonds. The van der Waals surface area contributed by atoms with Gasteiger partial charge in [-0.05, 0) is 38.6 Å². The van der Waals surface area contributed by atoms with Gasteiger partial charge in [-0.1, -0.05) is 19.3 Å². The normalized spacial score (nSPS) is 34.6. The van der Waals surface area contributed by atoms with Crippen LogP contribution in [0.25, 0.3) is 0 Å². The molecule has 2 heterocycles. The van der Waals surface area contributed by atoms with E-state index in [-0.39, 0.29) is 5.91 Å². The summed E-state index contributed by atoms with van der Waals surface area (Å²) in [6.07, 6.45) is 7.89. The van der Waals surface area contributed by atoms with Crippen LogP contribution in [0.5, 0.6) is 0 Å². The summed E-state index contributed by atoms with van der Waals surface area (Å²) in [5.74, 6) is 0.214. The first-order chi connectivity index (χ1) is 9.53. The average molecular weight is 280 g/mol. The second-order valence-electron chi connectivity index (χ2n) is 7.35. The van der Waals surface area contributed by atoms with Crippen molar-refractivity contribution < 1.29 is 9.53 Å². The molecule has 3 fully saturated rings. The van der Waals surface area contributed by atoms with E-state index in [2.05, 4.69) is 16.8 Å². The molecule has 2 aliphatic heterocycles. The van der Waals surface area contributed by atoms with Crippen molar-refractivity contribution in [2.75, 3.05) is 39.8 Å². The van der Waals surface area contributed by atoms with Gasteiger partial charge < -0.3 is 14.5 Å². The molecule has 3 aliphatic rings. The van der Waals surface area contributed by atoms with Gasteiger partial charge in [0.2, 0.25) is 0 Å². The van der Waals surface area contributed by atoms with Gasteiger partial charge >= 0.3 is 0 Å². The molecule has 114 valence electrons. The van der Waals surface area contributed by atoms with Gasteiger partial charge in [0, 0.05) is 26.2 Å². The SMILES string of the molecule is CN1CCO[C@](C)(C(=O)N2CCC3(CCCCC3)C2)C1. The molecule has 0 aromatic rings. The van der Waals surface area contributed by atoms with E-state index in [9.17, 15) is 4.79 Å². The fraction of sp³-hybridized carbons (Fsp3) is 0.938. The number of likely N-dealkylation sites (tertiary alicyclic amines) is 1. The van der Waals surface area contributed by atoms with E-state index in [1.54, 1.807) is 0 Å². The van der Waals surface area contributed by atoms with Crippen molar-refractivity contribution in [3.63, 3.8) is 0 Å². The number of rotatable bonds is 1. The van der Waals surface area contributed by atoms with Crippen molar-refractivity contribution in [3.05, 3.63) is 0 Å². The van der Waals surface area contributed by atoms with Gasteiger partial charge in [-0.3, -0.25) is 4.79 Å². The molecule has 3 rings (SSSR count). The summed E-state index contributed by atoms with van der Waals surface area (Å²) in [5, 5.41) is 0. The molecule has 20 heavy (non-hydrogen) atoms. The Hall–Kier alpha value is -0.610. The maximum Gasteiger partial charge on any atom is 0.255 e. The molecule has 0 bridgehead atoms. The van der Waals surface area contributed by atoms with Crippen LogP contribution in [0.15, 0.2) is 0 Å². The summed E-state index contributed by atoms with van der Waals surface area (Å²) in [6.45, 7) is 6.17. The van der Waals surface area contributed by atoms with E-state index in [0.717, 1.165) is 26.2 Å². The highest BCUT2D eigenvalue weighted by atomic mass is 16.5. The van der Waals surface area contributed by atoms with Crippen molar-refractivity contribution in [1.82, 2.24) is 9.80 Å². The fourth-order valence-corrected chi connectivity index (χ4v) is 4.35. The van der Waals surface area contributed by atoms with Crippen LogP contribution in [-0.2, 0) is 9.53 Å². The van der Waals surface area contributed by atoms with Crippen LogP contribution < -0.4 is 0 Å². The number of nitrogens with zero attached hydrogens (tertiary/aromatic N) is 2. The van der Waals surface area contributed by atoms with Gasteiger partial charge in [-0.15, -0.1) is 0 Å². The van der Waals surface area contributed by atoms with Crippen LogP contribution in [0.2, 0.25) is 0 Å². The van der Waals surface area contributed by atoms with E-state index in [4.69, 9.17) is 4.74 Å². The van der Waals surface area contributed by atoms with Crippen molar-refractivity contribution in [2.45, 2.75) is 51.0 Å². The highest BCUT2D eigenvalue weighted by Gasteiger charge is 2.46. The Morgan fingerprint density at radius 1 is 1.05 bits per heavy atom. The Balaban J connectivity index is 1.66. The Kier molecular flexibility index (Phi) is 3.80. The maximum atomic E-state index is 12.9. The lowest BCUT2D eigenvalue weighted by Gasteiger charge is -2.40. The average Bonchev–Trinajstić information content (AvgIpc) is 2.82. The van der Waals surface area contributed by atoms with E-state index in [1.165, 1.54) is 38.5 Å². The van der Waals surface area contributed by atoms with Crippen molar-refractivity contribution in [3.8, 4) is 0 Å². The fourth-order valence-electron chi connectivity index (χ4n) is 4.35. The minimum atomic E-state index is -0.632. The van der Waals surface area contributed by atoms with Gasteiger partial charge in [0.15, 0.2) is 5.60 Å². The minimum Gasteiger partial charge on any atom is -0.363 e. The first kappa shape index (κ1) is 14.3. The molecule has 2 saturated heterocycles. The molecule has 1 saturated carbocycles. The molecule has 0 radical (unpaired) electrons. The highest BCUT2D eigenvalue weighted by molar-refractivity contribution is 5.85. The van der Waals surface area contributed by atoms with E-state index in [0.29, 0.717) is 12.0 Å². The van der Waals surface area contributed by atoms with Crippen molar-refractivity contribution >= 4 is 5.91 Å². The van der Waals surface area contributed by atoms with Gasteiger partial charge in [0.25, 0.3) is 5.91 Å². The third kappa shape index (κ3) is 2.60. The monoisotopic (exact) mass is 280 g/mol. The lowest BCUT2D eigenvalue weighted by Crippen LogP contribution is -2.58. The number of hydrogen-bond donors (Lipinski definition) is 0. The lowest BCUT2D eigenvalue weighted by molar-refractivity contribution is -0.165. The number of amides is 1. The molecule has 0 unspecified atom stereocenters. The predicted molar refractivity (Wildman–Crippen MR) is 78.6 cm³/mol. The smallest absolute Gasteiger partial charge is 0.255 e.